The molecule has 2 fully saturated rings. The summed E-state index contributed by atoms with van der Waals surface area (Å²) in [6.45, 7) is 28.3. The first-order valence-electron chi connectivity index (χ1n) is 14.2. The van der Waals surface area contributed by atoms with Crippen LogP contribution in [0.15, 0.2) is 4.79 Å². The van der Waals surface area contributed by atoms with Crippen molar-refractivity contribution in [2.75, 3.05) is 18.0 Å². The van der Waals surface area contributed by atoms with Crippen LogP contribution in [0.2, 0.25) is 0 Å². The number of nitrogens with one attached hydrogen (secondary N) is 2. The second-order valence-electron chi connectivity index (χ2n) is 15.4. The van der Waals surface area contributed by atoms with Crippen LogP contribution in [0.3, 0.4) is 0 Å². The quantitative estimate of drug-likeness (QED) is 0.488. The van der Waals surface area contributed by atoms with Crippen LogP contribution in [0.5, 0.6) is 5.75 Å². The number of nitrogens with zero attached hydrogens (tertiary/aromatic N) is 2. The van der Waals surface area contributed by atoms with Crippen LogP contribution < -0.4 is 30.9 Å². The van der Waals surface area contributed by atoms with Crippen molar-refractivity contribution in [3.63, 3.8) is 0 Å². The molecule has 206 valence electrons. The van der Waals surface area contributed by atoms with E-state index in [2.05, 4.69) is 103 Å². The summed E-state index contributed by atoms with van der Waals surface area (Å²) in [7, 11) is 0. The topological polar surface area (TPSA) is 67.6 Å². The number of hydrogen-bond donors (Lipinski definition) is 3. The van der Waals surface area contributed by atoms with Crippen LogP contribution in [0.1, 0.15) is 109 Å². The minimum atomic E-state index is -0.0346. The molecular formula is C30H55N4O2+. The Labute approximate surface area is 220 Å². The van der Waals surface area contributed by atoms with Gasteiger partial charge in [0, 0.05) is 53.5 Å². The third-order valence-electron chi connectivity index (χ3n) is 7.80. The largest absolute Gasteiger partial charge is 0.501 e. The van der Waals surface area contributed by atoms with E-state index in [1.54, 1.807) is 0 Å². The van der Waals surface area contributed by atoms with Gasteiger partial charge in [-0.1, -0.05) is 27.7 Å². The Morgan fingerprint density at radius 1 is 0.833 bits per heavy atom. The lowest BCUT2D eigenvalue weighted by atomic mass is 9.78. The standard InChI is InChI=1S/C30H54N4O2/c1-19(2)17-33(21-13-27(5,6)31-28(7,8)14-21)23-25(35)24(26(23)36)34(18-20(3)4)22-15-29(9,10)32-30(11,12)16-22/h19-22,31-32H,13-18H2,1-12H3/p+1. The van der Waals surface area contributed by atoms with E-state index in [0.29, 0.717) is 22.9 Å². The molecular weight excluding hydrogens is 448 g/mol. The number of anilines is 1. The van der Waals surface area contributed by atoms with Gasteiger partial charge in [-0.25, -0.2) is 4.58 Å². The molecule has 3 N–H and O–H groups in total. The maximum Gasteiger partial charge on any atom is 0.294 e. The molecule has 2 aliphatic rings. The monoisotopic (exact) mass is 503 g/mol. The first-order chi connectivity index (χ1) is 16.2. The Hall–Kier alpha value is -1.40. The summed E-state index contributed by atoms with van der Waals surface area (Å²) in [6, 6.07) is 0.410. The van der Waals surface area contributed by atoms with Crippen LogP contribution in [0, 0.1) is 11.8 Å². The summed E-state index contributed by atoms with van der Waals surface area (Å²) >= 11 is 0. The molecule has 3 rings (SSSR count). The van der Waals surface area contributed by atoms with Gasteiger partial charge in [-0.15, -0.1) is 0 Å². The Kier molecular flexibility index (Phi) is 7.88. The Bertz CT molecular complexity index is 992. The van der Waals surface area contributed by atoms with Crippen molar-refractivity contribution in [2.24, 2.45) is 11.8 Å². The zero-order valence-electron chi connectivity index (χ0n) is 25.3. The summed E-state index contributed by atoms with van der Waals surface area (Å²) < 4.78 is 2.25. The molecule has 2 heterocycles. The highest BCUT2D eigenvalue weighted by Crippen LogP contribution is 2.36. The Morgan fingerprint density at radius 2 is 1.28 bits per heavy atom. The summed E-state index contributed by atoms with van der Waals surface area (Å²) in [4.78, 5) is 16.2. The van der Waals surface area contributed by atoms with Crippen molar-refractivity contribution in [1.29, 1.82) is 0 Å². The molecule has 0 bridgehead atoms. The molecule has 0 spiro atoms. The second kappa shape index (κ2) is 9.72. The fraction of sp³-hybridized carbons (Fsp3) is 0.867. The first kappa shape index (κ1) is 29.2. The number of piperidine rings is 2. The summed E-state index contributed by atoms with van der Waals surface area (Å²) in [6.07, 6.45) is 3.76. The molecule has 2 saturated heterocycles. The molecule has 1 aromatic carbocycles. The van der Waals surface area contributed by atoms with Crippen LogP contribution in [0.4, 0.5) is 5.69 Å². The molecule has 6 heteroatoms. The van der Waals surface area contributed by atoms with Crippen molar-refractivity contribution in [3.8, 4) is 5.75 Å². The summed E-state index contributed by atoms with van der Waals surface area (Å²) in [5.74, 6) is 0.992. The summed E-state index contributed by atoms with van der Waals surface area (Å²) in [5.41, 5.74) is 0.427. The fourth-order valence-electron chi connectivity index (χ4n) is 7.52. The van der Waals surface area contributed by atoms with Gasteiger partial charge in [0.05, 0.1) is 0 Å². The van der Waals surface area contributed by atoms with Gasteiger partial charge in [-0.05, 0) is 74.1 Å². The fourth-order valence-corrected chi connectivity index (χ4v) is 7.52. The maximum atomic E-state index is 14.0. The normalized spacial score (nSPS) is 24.9. The van der Waals surface area contributed by atoms with E-state index in [-0.39, 0.29) is 45.4 Å². The molecule has 6 nitrogen and oxygen atoms in total. The Balaban J connectivity index is 2.12. The predicted molar refractivity (Wildman–Crippen MR) is 153 cm³/mol. The van der Waals surface area contributed by atoms with Crippen molar-refractivity contribution < 1.29 is 5.11 Å². The molecule has 1 aromatic rings. The van der Waals surface area contributed by atoms with Gasteiger partial charge in [0.15, 0.2) is 6.04 Å². The van der Waals surface area contributed by atoms with Crippen LogP contribution in [0.25, 0.3) is 0 Å². The van der Waals surface area contributed by atoms with Crippen LogP contribution in [-0.2, 0) is 0 Å². The van der Waals surface area contributed by atoms with Gasteiger partial charge in [-0.3, -0.25) is 4.79 Å². The molecule has 0 radical (unpaired) electrons. The van der Waals surface area contributed by atoms with E-state index in [0.717, 1.165) is 38.8 Å². The molecule has 2 aliphatic heterocycles. The number of aromatic hydroxyl groups is 1. The third kappa shape index (κ3) is 6.53. The molecule has 0 atom stereocenters. The predicted octanol–water partition coefficient (Wildman–Crippen LogP) is 4.14. The highest BCUT2D eigenvalue weighted by Gasteiger charge is 2.46. The Morgan fingerprint density at radius 3 is 1.67 bits per heavy atom. The van der Waals surface area contributed by atoms with E-state index in [1.807, 2.05) is 0 Å². The van der Waals surface area contributed by atoms with Crippen molar-refractivity contribution in [1.82, 2.24) is 15.2 Å². The van der Waals surface area contributed by atoms with Crippen molar-refractivity contribution >= 4 is 5.69 Å². The van der Waals surface area contributed by atoms with E-state index in [1.165, 1.54) is 0 Å². The van der Waals surface area contributed by atoms with Gasteiger partial charge in [0.1, 0.15) is 12.2 Å². The molecule has 0 unspecified atom stereocenters. The highest BCUT2D eigenvalue weighted by atomic mass is 16.3. The molecule has 36 heavy (non-hydrogen) atoms. The minimum Gasteiger partial charge on any atom is -0.501 e. The zero-order chi connectivity index (χ0) is 27.4. The first-order valence-corrected chi connectivity index (χ1v) is 14.2. The van der Waals surface area contributed by atoms with Crippen molar-refractivity contribution in [2.45, 2.75) is 143 Å². The molecule has 0 aromatic heterocycles. The van der Waals surface area contributed by atoms with Gasteiger partial charge >= 0.3 is 0 Å². The van der Waals surface area contributed by atoms with Gasteiger partial charge in [0.25, 0.3) is 10.8 Å². The van der Waals surface area contributed by atoms with Crippen LogP contribution in [-0.4, -0.2) is 52.4 Å². The third-order valence-corrected chi connectivity index (χ3v) is 7.80. The second-order valence-corrected chi connectivity index (χ2v) is 15.4. The average molecular weight is 504 g/mol. The van der Waals surface area contributed by atoms with Crippen molar-refractivity contribution in [3.05, 3.63) is 15.6 Å². The molecule has 0 saturated carbocycles. The highest BCUT2D eigenvalue weighted by molar-refractivity contribution is 5.63. The lowest BCUT2D eigenvalue weighted by Gasteiger charge is -2.50. The lowest BCUT2D eigenvalue weighted by Crippen LogP contribution is -2.65. The molecule has 0 amide bonds. The van der Waals surface area contributed by atoms with E-state index in [9.17, 15) is 9.90 Å². The zero-order valence-corrected chi connectivity index (χ0v) is 25.3. The number of rotatable bonds is 7. The smallest absolute Gasteiger partial charge is 0.294 e. The van der Waals surface area contributed by atoms with E-state index >= 15 is 0 Å². The van der Waals surface area contributed by atoms with E-state index in [4.69, 9.17) is 0 Å². The summed E-state index contributed by atoms with van der Waals surface area (Å²) in [5, 5.41) is 19.7. The van der Waals surface area contributed by atoms with Gasteiger partial charge in [-0.2, -0.15) is 0 Å². The SMILES string of the molecule is CC(C)CN(c1c(O)c(=[N+](CC(C)C)C2CC(C)(C)NC(C)(C)C2)c1=O)C1CC(C)(C)NC(C)(C)C1. The molecule has 0 aliphatic carbocycles. The van der Waals surface area contributed by atoms with E-state index < -0.39 is 0 Å². The lowest BCUT2D eigenvalue weighted by molar-refractivity contribution is 0.130. The van der Waals surface area contributed by atoms with Gasteiger partial charge < -0.3 is 20.6 Å². The van der Waals surface area contributed by atoms with Crippen LogP contribution >= 0.6 is 0 Å². The average Bonchev–Trinajstić information content (AvgIpc) is 2.61. The number of hydrogen-bond acceptors (Lipinski definition) is 5. The van der Waals surface area contributed by atoms with Gasteiger partial charge in [0.2, 0.25) is 5.75 Å². The minimum absolute atomic E-state index is 0.0251. The maximum absolute atomic E-state index is 14.0.